The Kier molecular flexibility index (Phi) is 5.06. The molecule has 0 amide bonds. The van der Waals surface area contributed by atoms with Gasteiger partial charge in [0.2, 0.25) is 0 Å². The smallest absolute Gasteiger partial charge is 0.305 e. The predicted octanol–water partition coefficient (Wildman–Crippen LogP) is 3.54. The number of nitrogens with zero attached hydrogens (tertiary/aromatic N) is 1. The monoisotopic (exact) mass is 303 g/mol. The minimum absolute atomic E-state index is 0.0489. The highest BCUT2D eigenvalue weighted by atomic mass is 35.5. The van der Waals surface area contributed by atoms with E-state index in [9.17, 15) is 9.59 Å². The molecule has 108 valence electrons. The molecule has 1 aromatic heterocycles. The van der Waals surface area contributed by atoms with E-state index in [1.54, 1.807) is 24.4 Å². The normalized spacial score (nSPS) is 10.2. The fourth-order valence-corrected chi connectivity index (χ4v) is 2.14. The Morgan fingerprint density at radius 2 is 1.95 bits per heavy atom. The summed E-state index contributed by atoms with van der Waals surface area (Å²) in [4.78, 5) is 27.2. The first-order valence-corrected chi connectivity index (χ1v) is 6.80. The minimum Gasteiger partial charge on any atom is -0.469 e. The molecule has 0 bridgehead atoms. The maximum Gasteiger partial charge on any atom is 0.305 e. The molecule has 0 saturated heterocycles. The van der Waals surface area contributed by atoms with E-state index in [2.05, 4.69) is 9.72 Å². The van der Waals surface area contributed by atoms with Crippen molar-refractivity contribution in [2.75, 3.05) is 7.11 Å². The Hall–Kier alpha value is -2.20. The largest absolute Gasteiger partial charge is 0.469 e. The second-order valence-electron chi connectivity index (χ2n) is 4.41. The van der Waals surface area contributed by atoms with Gasteiger partial charge in [0, 0.05) is 23.2 Å². The molecule has 0 aliphatic carbocycles. The van der Waals surface area contributed by atoms with Gasteiger partial charge in [0.05, 0.1) is 13.5 Å². The van der Waals surface area contributed by atoms with E-state index in [0.717, 1.165) is 11.1 Å². The van der Waals surface area contributed by atoms with Gasteiger partial charge in [-0.1, -0.05) is 29.8 Å². The second kappa shape index (κ2) is 6.99. The number of rotatable bonds is 5. The Morgan fingerprint density at radius 3 is 2.67 bits per heavy atom. The number of ketones is 1. The maximum absolute atomic E-state index is 12.0. The van der Waals surface area contributed by atoms with E-state index in [1.165, 1.54) is 7.11 Å². The standard InChI is InChI=1S/C16H14ClNO3/c1-21-16(20)7-6-15(19)14-10-11(8-9-18-14)12-4-2-3-5-13(12)17/h2-5,8-10H,6-7H2,1H3. The van der Waals surface area contributed by atoms with Gasteiger partial charge in [-0.25, -0.2) is 0 Å². The lowest BCUT2D eigenvalue weighted by atomic mass is 10.0. The van der Waals surface area contributed by atoms with Gasteiger partial charge in [-0.3, -0.25) is 14.6 Å². The van der Waals surface area contributed by atoms with Crippen LogP contribution in [0.2, 0.25) is 5.02 Å². The molecule has 0 aliphatic rings. The van der Waals surface area contributed by atoms with Crippen LogP contribution in [0.3, 0.4) is 0 Å². The molecule has 21 heavy (non-hydrogen) atoms. The van der Waals surface area contributed by atoms with Gasteiger partial charge < -0.3 is 4.74 Å². The number of aromatic nitrogens is 1. The van der Waals surface area contributed by atoms with Gasteiger partial charge in [-0.05, 0) is 23.8 Å². The van der Waals surface area contributed by atoms with Crippen LogP contribution in [0.5, 0.6) is 0 Å². The van der Waals surface area contributed by atoms with Crippen LogP contribution >= 0.6 is 11.6 Å². The molecule has 2 rings (SSSR count). The highest BCUT2D eigenvalue weighted by molar-refractivity contribution is 6.33. The van der Waals surface area contributed by atoms with Crippen molar-refractivity contribution in [3.8, 4) is 11.1 Å². The first kappa shape index (κ1) is 15.2. The van der Waals surface area contributed by atoms with Crippen molar-refractivity contribution in [3.63, 3.8) is 0 Å². The minimum atomic E-state index is -0.411. The molecule has 0 fully saturated rings. The van der Waals surface area contributed by atoms with Crippen LogP contribution in [-0.2, 0) is 9.53 Å². The van der Waals surface area contributed by atoms with Gasteiger partial charge in [0.25, 0.3) is 0 Å². The molecule has 0 aliphatic heterocycles. The summed E-state index contributed by atoms with van der Waals surface area (Å²) in [5, 5.41) is 0.608. The van der Waals surface area contributed by atoms with Crippen LogP contribution in [0.25, 0.3) is 11.1 Å². The zero-order valence-corrected chi connectivity index (χ0v) is 12.3. The molecule has 0 atom stereocenters. The number of carbonyl (C=O) groups is 2. The molecule has 0 N–H and O–H groups in total. The lowest BCUT2D eigenvalue weighted by molar-refractivity contribution is -0.140. The topological polar surface area (TPSA) is 56.3 Å². The molecule has 0 spiro atoms. The first-order chi connectivity index (χ1) is 10.1. The summed E-state index contributed by atoms with van der Waals surface area (Å²) in [6, 6.07) is 10.9. The zero-order chi connectivity index (χ0) is 15.2. The number of halogens is 1. The summed E-state index contributed by atoms with van der Waals surface area (Å²) in [7, 11) is 1.29. The molecular weight excluding hydrogens is 290 g/mol. The average Bonchev–Trinajstić information content (AvgIpc) is 2.52. The summed E-state index contributed by atoms with van der Waals surface area (Å²) >= 11 is 6.15. The summed E-state index contributed by atoms with van der Waals surface area (Å²) < 4.78 is 4.52. The molecule has 4 nitrogen and oxygen atoms in total. The summed E-state index contributed by atoms with van der Waals surface area (Å²) in [6.45, 7) is 0. The molecule has 5 heteroatoms. The zero-order valence-electron chi connectivity index (χ0n) is 11.5. The third-order valence-corrected chi connectivity index (χ3v) is 3.34. The number of Topliss-reactive ketones (excluding diaryl/α,β-unsaturated/α-hetero) is 1. The maximum atomic E-state index is 12.0. The molecule has 0 saturated carbocycles. The molecule has 1 heterocycles. The predicted molar refractivity (Wildman–Crippen MR) is 80.3 cm³/mol. The summed E-state index contributed by atoms with van der Waals surface area (Å²) in [5.41, 5.74) is 1.97. The first-order valence-electron chi connectivity index (χ1n) is 6.43. The fourth-order valence-electron chi connectivity index (χ4n) is 1.89. The number of benzene rings is 1. The second-order valence-corrected chi connectivity index (χ2v) is 4.82. The van der Waals surface area contributed by atoms with Crippen molar-refractivity contribution in [2.24, 2.45) is 0 Å². The third kappa shape index (κ3) is 3.89. The van der Waals surface area contributed by atoms with Crippen LogP contribution in [0.4, 0.5) is 0 Å². The summed E-state index contributed by atoms with van der Waals surface area (Å²) in [6.07, 6.45) is 1.68. The third-order valence-electron chi connectivity index (χ3n) is 3.01. The van der Waals surface area contributed by atoms with E-state index in [-0.39, 0.29) is 18.6 Å². The summed E-state index contributed by atoms with van der Waals surface area (Å²) in [5.74, 6) is -0.611. The van der Waals surface area contributed by atoms with Crippen molar-refractivity contribution in [1.82, 2.24) is 4.98 Å². The number of carbonyl (C=O) groups excluding carboxylic acids is 2. The Bertz CT molecular complexity index is 670. The van der Waals surface area contributed by atoms with Crippen LogP contribution in [0, 0.1) is 0 Å². The SMILES string of the molecule is COC(=O)CCC(=O)c1cc(-c2ccccc2Cl)ccn1. The number of ether oxygens (including phenoxy) is 1. The Balaban J connectivity index is 2.20. The van der Waals surface area contributed by atoms with Crippen molar-refractivity contribution in [1.29, 1.82) is 0 Å². The van der Waals surface area contributed by atoms with E-state index in [4.69, 9.17) is 11.6 Å². The number of esters is 1. The van der Waals surface area contributed by atoms with E-state index >= 15 is 0 Å². The molecule has 0 radical (unpaired) electrons. The van der Waals surface area contributed by atoms with Gasteiger partial charge in [-0.15, -0.1) is 0 Å². The van der Waals surface area contributed by atoms with Crippen LogP contribution in [0.15, 0.2) is 42.6 Å². The van der Waals surface area contributed by atoms with E-state index in [1.807, 2.05) is 18.2 Å². The van der Waals surface area contributed by atoms with Crippen LogP contribution < -0.4 is 0 Å². The van der Waals surface area contributed by atoms with Crippen LogP contribution in [-0.4, -0.2) is 23.8 Å². The van der Waals surface area contributed by atoms with Gasteiger partial charge >= 0.3 is 5.97 Å². The Morgan fingerprint density at radius 1 is 1.19 bits per heavy atom. The molecule has 1 aromatic carbocycles. The number of pyridine rings is 1. The Labute approximate surface area is 127 Å². The molecule has 0 unspecified atom stereocenters. The van der Waals surface area contributed by atoms with E-state index < -0.39 is 5.97 Å². The number of hydrogen-bond acceptors (Lipinski definition) is 4. The lowest BCUT2D eigenvalue weighted by Crippen LogP contribution is -2.07. The van der Waals surface area contributed by atoms with Crippen LogP contribution in [0.1, 0.15) is 23.3 Å². The quantitative estimate of drug-likeness (QED) is 0.626. The average molecular weight is 304 g/mol. The molecule has 2 aromatic rings. The highest BCUT2D eigenvalue weighted by Gasteiger charge is 2.12. The number of hydrogen-bond donors (Lipinski definition) is 0. The van der Waals surface area contributed by atoms with Crippen molar-refractivity contribution < 1.29 is 14.3 Å². The highest BCUT2D eigenvalue weighted by Crippen LogP contribution is 2.27. The van der Waals surface area contributed by atoms with Crippen molar-refractivity contribution in [3.05, 3.63) is 53.3 Å². The lowest BCUT2D eigenvalue weighted by Gasteiger charge is -2.06. The fraction of sp³-hybridized carbons (Fsp3) is 0.188. The molecular formula is C16H14ClNO3. The number of methoxy groups -OCH3 is 1. The van der Waals surface area contributed by atoms with Gasteiger partial charge in [0.1, 0.15) is 5.69 Å². The van der Waals surface area contributed by atoms with Gasteiger partial charge in [0.15, 0.2) is 5.78 Å². The van der Waals surface area contributed by atoms with Gasteiger partial charge in [-0.2, -0.15) is 0 Å². The van der Waals surface area contributed by atoms with E-state index in [0.29, 0.717) is 10.7 Å². The van der Waals surface area contributed by atoms with Crippen molar-refractivity contribution in [2.45, 2.75) is 12.8 Å². The van der Waals surface area contributed by atoms with Crippen molar-refractivity contribution >= 4 is 23.4 Å².